The van der Waals surface area contributed by atoms with Crippen molar-refractivity contribution in [3.8, 4) is 0 Å². The Balaban J connectivity index is 2.02. The molecule has 1 aromatic heterocycles. The number of halogens is 1. The monoisotopic (exact) mass is 313 g/mol. The molecule has 100 valence electrons. The van der Waals surface area contributed by atoms with Crippen molar-refractivity contribution in [2.24, 2.45) is 5.92 Å². The van der Waals surface area contributed by atoms with Gasteiger partial charge in [-0.3, -0.25) is 4.79 Å². The summed E-state index contributed by atoms with van der Waals surface area (Å²) in [6.07, 6.45) is 7.73. The summed E-state index contributed by atoms with van der Waals surface area (Å²) in [7, 11) is 0. The third-order valence-corrected chi connectivity index (χ3v) is 4.28. The largest absolute Gasteiger partial charge is 0.382 e. The Kier molecular flexibility index (Phi) is 4.80. The van der Waals surface area contributed by atoms with Crippen LogP contribution in [0.5, 0.6) is 0 Å². The highest BCUT2D eigenvalue weighted by Crippen LogP contribution is 2.27. The maximum atomic E-state index is 12.0. The molecule has 4 nitrogen and oxygen atoms in total. The van der Waals surface area contributed by atoms with Crippen LogP contribution in [0, 0.1) is 5.92 Å². The molecule has 0 unspecified atom stereocenters. The van der Waals surface area contributed by atoms with Gasteiger partial charge < -0.3 is 5.32 Å². The topological polar surface area (TPSA) is 46.9 Å². The Morgan fingerprint density at radius 2 is 2.33 bits per heavy atom. The van der Waals surface area contributed by atoms with E-state index in [2.05, 4.69) is 33.3 Å². The van der Waals surface area contributed by atoms with Crippen LogP contribution in [0.3, 0.4) is 0 Å². The second-order valence-electron chi connectivity index (χ2n) is 4.93. The van der Waals surface area contributed by atoms with E-state index < -0.39 is 0 Å². The van der Waals surface area contributed by atoms with Crippen LogP contribution in [0.15, 0.2) is 15.5 Å². The number of aryl methyl sites for hydroxylation is 1. The summed E-state index contributed by atoms with van der Waals surface area (Å²) in [6.45, 7) is 3.74. The predicted molar refractivity (Wildman–Crippen MR) is 76.9 cm³/mol. The van der Waals surface area contributed by atoms with Gasteiger partial charge in [0.05, 0.1) is 11.9 Å². The fourth-order valence-corrected chi connectivity index (χ4v) is 2.45. The summed E-state index contributed by atoms with van der Waals surface area (Å²) in [6, 6.07) is 0. The molecule has 1 heterocycles. The van der Waals surface area contributed by atoms with Gasteiger partial charge in [-0.1, -0.05) is 19.8 Å². The molecule has 0 radical (unpaired) electrons. The summed E-state index contributed by atoms with van der Waals surface area (Å²) in [4.78, 5) is 12.0. The van der Waals surface area contributed by atoms with E-state index in [-0.39, 0.29) is 5.56 Å². The number of aromatic nitrogens is 2. The van der Waals surface area contributed by atoms with Crippen LogP contribution in [0.1, 0.15) is 39.0 Å². The van der Waals surface area contributed by atoms with Gasteiger partial charge in [0.25, 0.3) is 5.56 Å². The van der Waals surface area contributed by atoms with Gasteiger partial charge in [-0.25, -0.2) is 4.68 Å². The van der Waals surface area contributed by atoms with Crippen molar-refractivity contribution in [1.29, 1.82) is 0 Å². The number of rotatable bonds is 6. The molecule has 1 saturated carbocycles. The van der Waals surface area contributed by atoms with Gasteiger partial charge in [0, 0.05) is 13.1 Å². The van der Waals surface area contributed by atoms with Gasteiger partial charge in [0.2, 0.25) is 0 Å². The second-order valence-corrected chi connectivity index (χ2v) is 5.72. The number of hydrogen-bond donors (Lipinski definition) is 1. The van der Waals surface area contributed by atoms with Gasteiger partial charge in [0.15, 0.2) is 0 Å². The van der Waals surface area contributed by atoms with Gasteiger partial charge in [-0.2, -0.15) is 5.10 Å². The molecule has 5 heteroatoms. The lowest BCUT2D eigenvalue weighted by molar-refractivity contribution is 0.333. The van der Waals surface area contributed by atoms with Crippen molar-refractivity contribution >= 4 is 21.6 Å². The van der Waals surface area contributed by atoms with Crippen LogP contribution < -0.4 is 10.9 Å². The highest BCUT2D eigenvalue weighted by Gasteiger charge is 2.17. The number of hydrogen-bond acceptors (Lipinski definition) is 3. The highest BCUT2D eigenvalue weighted by molar-refractivity contribution is 9.10. The Morgan fingerprint density at radius 1 is 1.56 bits per heavy atom. The minimum absolute atomic E-state index is 0.0398. The molecule has 1 aromatic rings. The van der Waals surface area contributed by atoms with Crippen LogP contribution in [-0.2, 0) is 6.54 Å². The van der Waals surface area contributed by atoms with Crippen LogP contribution in [0.2, 0.25) is 0 Å². The van der Waals surface area contributed by atoms with Gasteiger partial charge in [-0.15, -0.1) is 0 Å². The summed E-state index contributed by atoms with van der Waals surface area (Å²) < 4.78 is 2.13. The highest BCUT2D eigenvalue weighted by atomic mass is 79.9. The van der Waals surface area contributed by atoms with Gasteiger partial charge in [-0.05, 0) is 41.1 Å². The van der Waals surface area contributed by atoms with Crippen molar-refractivity contribution in [1.82, 2.24) is 9.78 Å². The number of anilines is 1. The molecular formula is C13H20BrN3O. The van der Waals surface area contributed by atoms with Crippen molar-refractivity contribution < 1.29 is 0 Å². The first-order valence-electron chi connectivity index (χ1n) is 6.72. The molecule has 1 fully saturated rings. The number of unbranched alkanes of at least 4 members (excludes halogenated alkanes) is 1. The van der Waals surface area contributed by atoms with E-state index in [1.807, 2.05) is 0 Å². The van der Waals surface area contributed by atoms with Crippen molar-refractivity contribution in [2.45, 2.75) is 45.6 Å². The van der Waals surface area contributed by atoms with E-state index in [0.29, 0.717) is 11.0 Å². The molecular weight excluding hydrogens is 294 g/mol. The maximum absolute atomic E-state index is 12.0. The molecule has 1 aliphatic rings. The zero-order chi connectivity index (χ0) is 13.0. The van der Waals surface area contributed by atoms with E-state index >= 15 is 0 Å². The molecule has 0 aromatic carbocycles. The van der Waals surface area contributed by atoms with Crippen molar-refractivity contribution in [2.75, 3.05) is 11.9 Å². The molecule has 0 atom stereocenters. The molecule has 18 heavy (non-hydrogen) atoms. The SMILES string of the molecule is CCCCn1ncc(NCC2CCC2)c(Br)c1=O. The molecule has 1 N–H and O–H groups in total. The minimum Gasteiger partial charge on any atom is -0.382 e. The summed E-state index contributed by atoms with van der Waals surface area (Å²) in [5, 5.41) is 7.53. The summed E-state index contributed by atoms with van der Waals surface area (Å²) >= 11 is 3.38. The Morgan fingerprint density at radius 3 is 2.94 bits per heavy atom. The Labute approximate surface area is 116 Å². The van der Waals surface area contributed by atoms with E-state index in [4.69, 9.17) is 0 Å². The predicted octanol–water partition coefficient (Wildman–Crippen LogP) is 3.02. The average molecular weight is 314 g/mol. The first kappa shape index (κ1) is 13.6. The first-order valence-corrected chi connectivity index (χ1v) is 7.51. The smallest absolute Gasteiger partial charge is 0.283 e. The first-order chi connectivity index (χ1) is 8.72. The lowest BCUT2D eigenvalue weighted by Crippen LogP contribution is -2.26. The van der Waals surface area contributed by atoms with Crippen LogP contribution >= 0.6 is 15.9 Å². The third kappa shape index (κ3) is 3.13. The summed E-state index contributed by atoms with van der Waals surface area (Å²) in [5.74, 6) is 0.763. The van der Waals surface area contributed by atoms with E-state index in [1.165, 1.54) is 23.9 Å². The average Bonchev–Trinajstić information content (AvgIpc) is 2.31. The second kappa shape index (κ2) is 6.36. The van der Waals surface area contributed by atoms with E-state index in [1.54, 1.807) is 6.20 Å². The van der Waals surface area contributed by atoms with E-state index in [0.717, 1.165) is 31.0 Å². The molecule has 0 amide bonds. The summed E-state index contributed by atoms with van der Waals surface area (Å²) in [5.41, 5.74) is 0.779. The van der Waals surface area contributed by atoms with Crippen molar-refractivity contribution in [3.63, 3.8) is 0 Å². The minimum atomic E-state index is -0.0398. The van der Waals surface area contributed by atoms with Crippen LogP contribution in [-0.4, -0.2) is 16.3 Å². The molecule has 0 saturated heterocycles. The molecule has 0 aliphatic heterocycles. The van der Waals surface area contributed by atoms with Gasteiger partial charge in [0.1, 0.15) is 4.47 Å². The number of nitrogens with one attached hydrogen (secondary N) is 1. The zero-order valence-electron chi connectivity index (χ0n) is 10.8. The third-order valence-electron chi connectivity index (χ3n) is 3.51. The van der Waals surface area contributed by atoms with E-state index in [9.17, 15) is 4.79 Å². The fraction of sp³-hybridized carbons (Fsp3) is 0.692. The fourth-order valence-electron chi connectivity index (χ4n) is 2.01. The quantitative estimate of drug-likeness (QED) is 0.878. The van der Waals surface area contributed by atoms with Crippen LogP contribution in [0.4, 0.5) is 5.69 Å². The molecule has 0 spiro atoms. The standard InChI is InChI=1S/C13H20BrN3O/c1-2-3-7-17-13(18)12(14)11(9-16-17)15-8-10-5-4-6-10/h9-10,15H,2-8H2,1H3. The maximum Gasteiger partial charge on any atom is 0.283 e. The normalized spacial score (nSPS) is 15.4. The zero-order valence-corrected chi connectivity index (χ0v) is 12.4. The Bertz CT molecular complexity index is 454. The lowest BCUT2D eigenvalue weighted by Gasteiger charge is -2.26. The molecule has 0 bridgehead atoms. The van der Waals surface area contributed by atoms with Crippen molar-refractivity contribution in [3.05, 3.63) is 21.0 Å². The number of nitrogens with zero attached hydrogens (tertiary/aromatic N) is 2. The molecule has 2 rings (SSSR count). The Hall–Kier alpha value is -0.840. The van der Waals surface area contributed by atoms with Gasteiger partial charge >= 0.3 is 0 Å². The lowest BCUT2D eigenvalue weighted by atomic mass is 9.85. The van der Waals surface area contributed by atoms with Crippen LogP contribution in [0.25, 0.3) is 0 Å². The molecule has 1 aliphatic carbocycles.